The average Bonchev–Trinajstić information content (AvgIpc) is 3.98. The minimum absolute atomic E-state index is 0.410. The van der Waals surface area contributed by atoms with E-state index in [9.17, 15) is 14.4 Å². The maximum atomic E-state index is 12.8. The van der Waals surface area contributed by atoms with Crippen LogP contribution in [0.5, 0.6) is 0 Å². The molecule has 0 amide bonds. The Hall–Kier alpha value is -8.64. The lowest BCUT2D eigenvalue weighted by Crippen LogP contribution is -2.16. The average molecular weight is 913 g/mol. The van der Waals surface area contributed by atoms with Crippen LogP contribution in [0.3, 0.4) is 0 Å². The molecule has 10 aromatic rings. The number of hydrogen-bond acceptors (Lipinski definition) is 12. The number of carbonyl (C=O) groups is 3. The second-order valence-electron chi connectivity index (χ2n) is 16.7. The van der Waals surface area contributed by atoms with E-state index in [1.54, 1.807) is 0 Å². The van der Waals surface area contributed by atoms with Gasteiger partial charge in [-0.25, -0.2) is 14.4 Å². The van der Waals surface area contributed by atoms with Crippen LogP contribution >= 0.6 is 0 Å². The van der Waals surface area contributed by atoms with Crippen molar-refractivity contribution in [3.8, 4) is 0 Å². The van der Waals surface area contributed by atoms with Gasteiger partial charge in [0.15, 0.2) is 0 Å². The number of rotatable bonds is 12. The number of anilines is 6. The lowest BCUT2D eigenvalue weighted by molar-refractivity contribution is -0.142. The van der Waals surface area contributed by atoms with Crippen LogP contribution in [0, 0.1) is 0 Å². The Labute approximate surface area is 397 Å². The first-order valence-corrected chi connectivity index (χ1v) is 23.1. The van der Waals surface area contributed by atoms with Crippen molar-refractivity contribution in [2.45, 2.75) is 41.5 Å². The Morgan fingerprint density at radius 2 is 0.609 bits per heavy atom. The van der Waals surface area contributed by atoms with E-state index >= 15 is 0 Å². The Kier molecular flexibility index (Phi) is 11.7. The third-order valence-electron chi connectivity index (χ3n) is 12.7. The molecule has 10 aromatic carbocycles. The van der Waals surface area contributed by atoms with Crippen molar-refractivity contribution in [1.29, 1.82) is 0 Å². The van der Waals surface area contributed by atoms with Crippen LogP contribution in [-0.4, -0.2) is 37.5 Å². The molecule has 0 atom stereocenters. The summed E-state index contributed by atoms with van der Waals surface area (Å²) < 4.78 is 0. The van der Waals surface area contributed by atoms with E-state index in [2.05, 4.69) is 126 Å². The molecule has 342 valence electrons. The molecular weight excluding hydrogens is 865 g/mol. The summed E-state index contributed by atoms with van der Waals surface area (Å²) in [4.78, 5) is 61.8. The monoisotopic (exact) mass is 912 g/mol. The molecule has 0 heterocycles. The van der Waals surface area contributed by atoms with Crippen LogP contribution < -0.4 is 30.8 Å². The minimum Gasteiger partial charge on any atom is -0.342 e. The molecule has 12 nitrogen and oxygen atoms in total. The van der Waals surface area contributed by atoms with Crippen molar-refractivity contribution in [2.24, 2.45) is 15.5 Å². The van der Waals surface area contributed by atoms with Crippen molar-refractivity contribution in [3.63, 3.8) is 0 Å². The van der Waals surface area contributed by atoms with Crippen LogP contribution in [0.25, 0.3) is 64.6 Å². The first-order chi connectivity index (χ1) is 33.6. The third kappa shape index (κ3) is 7.69. The molecule has 0 fully saturated rings. The first kappa shape index (κ1) is 44.2. The summed E-state index contributed by atoms with van der Waals surface area (Å²) in [6.07, 6.45) is 0. The van der Waals surface area contributed by atoms with Crippen molar-refractivity contribution < 1.29 is 28.9 Å². The summed E-state index contributed by atoms with van der Waals surface area (Å²) in [5.74, 6) is -1.78. The summed E-state index contributed by atoms with van der Waals surface area (Å²) in [5.41, 5.74) is 5.68. The van der Waals surface area contributed by atoms with E-state index < -0.39 is 17.9 Å². The molecule has 0 radical (unpaired) electrons. The predicted molar refractivity (Wildman–Crippen MR) is 274 cm³/mol. The van der Waals surface area contributed by atoms with Crippen LogP contribution in [-0.2, 0) is 28.9 Å². The fourth-order valence-corrected chi connectivity index (χ4v) is 10.00. The Morgan fingerprint density at radius 3 is 0.841 bits per heavy atom. The quantitative estimate of drug-likeness (QED) is 0.0870. The summed E-state index contributed by atoms with van der Waals surface area (Å²) in [6, 6.07) is 49.0. The number of para-hydroxylation sites is 3. The highest BCUT2D eigenvalue weighted by atomic mass is 16.7. The fraction of sp³-hybridized carbons (Fsp3) is 0.158. The maximum Gasteiger partial charge on any atom is 0.332 e. The van der Waals surface area contributed by atoms with Gasteiger partial charge in [0.05, 0.1) is 0 Å². The normalized spacial score (nSPS) is 12.5. The van der Waals surface area contributed by atoms with E-state index in [0.717, 1.165) is 66.4 Å². The second-order valence-corrected chi connectivity index (χ2v) is 16.7. The van der Waals surface area contributed by atoms with Gasteiger partial charge in [0.1, 0.15) is 16.1 Å². The molecule has 0 aliphatic carbocycles. The molecule has 0 N–H and O–H groups in total. The van der Waals surface area contributed by atoms with Gasteiger partial charge in [-0.2, -0.15) is 0 Å². The van der Waals surface area contributed by atoms with Crippen molar-refractivity contribution in [1.82, 2.24) is 0 Å². The number of hydrogen-bond donors (Lipinski definition) is 0. The summed E-state index contributed by atoms with van der Waals surface area (Å²) in [5, 5.41) is 24.1. The van der Waals surface area contributed by atoms with Crippen LogP contribution in [0.1, 0.15) is 41.5 Å². The number of nitrogens with zero attached hydrogens (tertiary/aromatic N) is 6. The topological polar surface area (TPSA) is 126 Å². The number of benzene rings is 7. The standard InChI is InChI=1S/C57H48N6O6/c1-7-61(37-19-13-10-14-20-37)40-25-28-43-46(31-40)55(58-67-34(4)64)52-49(43)53-51(45-30-27-42(33-48(45)56(53)59-68-35(5)65)63(9-3)39-23-17-12-18-24-39)54-50(52)44-29-26-41(32-47(44)57(54)60-69-36(6)66)62(8-2)38-21-15-11-16-22-38/h10-33H,7-9H2,1-6H3/b58-55+,59-56+,60-57+. The molecule has 0 aliphatic heterocycles. The van der Waals surface area contributed by atoms with Gasteiger partial charge in [-0.1, -0.05) is 88.3 Å². The highest BCUT2D eigenvalue weighted by Gasteiger charge is 2.28. The molecule has 0 aromatic heterocycles. The molecule has 0 saturated carbocycles. The zero-order chi connectivity index (χ0) is 47.9. The molecular formula is C57H48N6O6. The third-order valence-corrected chi connectivity index (χ3v) is 12.7. The zero-order valence-corrected chi connectivity index (χ0v) is 39.1. The van der Waals surface area contributed by atoms with Crippen molar-refractivity contribution in [2.75, 3.05) is 34.3 Å². The van der Waals surface area contributed by atoms with Gasteiger partial charge < -0.3 is 29.2 Å². The molecule has 0 bridgehead atoms. The Morgan fingerprint density at radius 1 is 0.348 bits per heavy atom. The maximum absolute atomic E-state index is 12.8. The van der Waals surface area contributed by atoms with Crippen LogP contribution in [0.4, 0.5) is 34.1 Å². The van der Waals surface area contributed by atoms with Gasteiger partial charge in [-0.15, -0.1) is 0 Å². The molecule has 0 unspecified atom stereocenters. The molecule has 69 heavy (non-hydrogen) atoms. The SMILES string of the molecule is CCN(c1ccccc1)c1ccc2c(c1)/c(=N\OC(C)=O)c1c2c2/c(=N/OC(C)=O)c3cc(N(CC)c4ccccc4)ccc3c2c2/c(=N/OC(C)=O)c3cc(N(CC)c4ccccc4)ccc3c12. The summed E-state index contributed by atoms with van der Waals surface area (Å²) in [7, 11) is 0. The molecule has 10 rings (SSSR count). The molecule has 0 aliphatic rings. The molecule has 0 saturated heterocycles. The van der Waals surface area contributed by atoms with E-state index in [1.807, 2.05) is 54.6 Å². The summed E-state index contributed by atoms with van der Waals surface area (Å²) >= 11 is 0. The first-order valence-electron chi connectivity index (χ1n) is 23.1. The zero-order valence-electron chi connectivity index (χ0n) is 39.1. The predicted octanol–water partition coefficient (Wildman–Crippen LogP) is 11.5. The van der Waals surface area contributed by atoms with E-state index in [-0.39, 0.29) is 0 Å². The number of carbonyl (C=O) groups excluding carboxylic acids is 3. The lowest BCUT2D eigenvalue weighted by atomic mass is 9.99. The van der Waals surface area contributed by atoms with Gasteiger partial charge >= 0.3 is 17.9 Å². The van der Waals surface area contributed by atoms with Gasteiger partial charge in [0.25, 0.3) is 0 Å². The van der Waals surface area contributed by atoms with Gasteiger partial charge in [0, 0.05) is 123 Å². The highest BCUT2D eigenvalue weighted by Crippen LogP contribution is 2.45. The van der Waals surface area contributed by atoms with E-state index in [4.69, 9.17) is 30.0 Å². The smallest absolute Gasteiger partial charge is 0.332 e. The van der Waals surface area contributed by atoms with E-state index in [0.29, 0.717) is 68.0 Å². The van der Waals surface area contributed by atoms with Crippen molar-refractivity contribution >= 4 is 117 Å². The lowest BCUT2D eigenvalue weighted by Gasteiger charge is -2.23. The minimum atomic E-state index is -0.593. The fourth-order valence-electron chi connectivity index (χ4n) is 10.00. The van der Waals surface area contributed by atoms with Gasteiger partial charge in [-0.3, -0.25) is 0 Å². The highest BCUT2D eigenvalue weighted by molar-refractivity contribution is 6.42. The van der Waals surface area contributed by atoms with Gasteiger partial charge in [-0.05, 0) is 110 Å². The van der Waals surface area contributed by atoms with E-state index in [1.165, 1.54) is 20.8 Å². The Balaban J connectivity index is 1.46. The summed E-state index contributed by atoms with van der Waals surface area (Å²) in [6.45, 7) is 12.2. The van der Waals surface area contributed by atoms with Gasteiger partial charge in [0.2, 0.25) is 0 Å². The second kappa shape index (κ2) is 18.2. The largest absolute Gasteiger partial charge is 0.342 e. The van der Waals surface area contributed by atoms with Crippen molar-refractivity contribution in [3.05, 3.63) is 162 Å². The Bertz CT molecular complexity index is 3400. The van der Waals surface area contributed by atoms with Crippen LogP contribution in [0.2, 0.25) is 0 Å². The molecule has 0 spiro atoms. The number of fused-ring (bicyclic) bond motifs is 12. The molecule has 12 heteroatoms. The van der Waals surface area contributed by atoms with Crippen LogP contribution in [0.15, 0.2) is 161 Å².